The lowest BCUT2D eigenvalue weighted by Gasteiger charge is -2.45. The van der Waals surface area contributed by atoms with Gasteiger partial charge in [0, 0.05) is 44.4 Å². The lowest BCUT2D eigenvalue weighted by Crippen LogP contribution is -2.61. The molecule has 9 heteroatoms. The molecule has 2 aliphatic rings. The predicted molar refractivity (Wildman–Crippen MR) is 115 cm³/mol. The Morgan fingerprint density at radius 2 is 1.65 bits per heavy atom. The highest BCUT2D eigenvalue weighted by Crippen LogP contribution is 2.26. The van der Waals surface area contributed by atoms with Gasteiger partial charge in [-0.15, -0.1) is 0 Å². The third-order valence-electron chi connectivity index (χ3n) is 5.41. The maximum Gasteiger partial charge on any atom is 0.254 e. The summed E-state index contributed by atoms with van der Waals surface area (Å²) in [7, 11) is -3.62. The van der Waals surface area contributed by atoms with E-state index in [9.17, 15) is 18.0 Å². The zero-order valence-electron chi connectivity index (χ0n) is 17.4. The molecule has 2 aromatic carbocycles. The van der Waals surface area contributed by atoms with E-state index in [1.165, 1.54) is 11.2 Å². The molecular formula is C22H25N3O5S. The molecule has 2 heterocycles. The molecule has 2 bridgehead atoms. The Balaban J connectivity index is 1.45. The van der Waals surface area contributed by atoms with E-state index in [1.54, 1.807) is 47.4 Å². The van der Waals surface area contributed by atoms with Crippen LogP contribution in [0.2, 0.25) is 0 Å². The molecule has 0 aliphatic carbocycles. The lowest BCUT2D eigenvalue weighted by atomic mass is 10.1. The number of nitrogens with one attached hydrogen (secondary N) is 1. The van der Waals surface area contributed by atoms with Crippen LogP contribution in [0.15, 0.2) is 53.4 Å². The molecule has 2 atom stereocenters. The van der Waals surface area contributed by atoms with E-state index < -0.39 is 10.0 Å². The first-order chi connectivity index (χ1) is 14.7. The molecular weight excluding hydrogens is 418 g/mol. The van der Waals surface area contributed by atoms with Gasteiger partial charge < -0.3 is 15.0 Å². The Kier molecular flexibility index (Phi) is 5.83. The number of carbonyl (C=O) groups is 2. The Labute approximate surface area is 181 Å². The number of anilines is 1. The average molecular weight is 444 g/mol. The number of amides is 2. The number of rotatable bonds is 4. The molecule has 0 saturated carbocycles. The molecule has 0 aromatic heterocycles. The maximum absolute atomic E-state index is 13.1. The molecule has 31 heavy (non-hydrogen) atoms. The molecule has 1 N–H and O–H groups in total. The summed E-state index contributed by atoms with van der Waals surface area (Å²) in [6.07, 6.45) is -0.760. The van der Waals surface area contributed by atoms with Crippen molar-refractivity contribution in [1.29, 1.82) is 0 Å². The second-order valence-electron chi connectivity index (χ2n) is 7.99. The Morgan fingerprint density at radius 1 is 1.00 bits per heavy atom. The average Bonchev–Trinajstić information content (AvgIpc) is 2.72. The predicted octanol–water partition coefficient (Wildman–Crippen LogP) is 1.87. The van der Waals surface area contributed by atoms with Crippen molar-refractivity contribution in [1.82, 2.24) is 9.21 Å². The van der Waals surface area contributed by atoms with Crippen LogP contribution in [0.5, 0.6) is 0 Å². The van der Waals surface area contributed by atoms with Crippen LogP contribution in [-0.2, 0) is 19.6 Å². The van der Waals surface area contributed by atoms with Gasteiger partial charge in [0.25, 0.3) is 5.91 Å². The quantitative estimate of drug-likeness (QED) is 0.778. The van der Waals surface area contributed by atoms with Crippen molar-refractivity contribution in [2.75, 3.05) is 31.5 Å². The molecule has 2 saturated heterocycles. The van der Waals surface area contributed by atoms with Gasteiger partial charge in [-0.2, -0.15) is 4.31 Å². The second kappa shape index (κ2) is 8.41. The van der Waals surface area contributed by atoms with E-state index in [1.807, 2.05) is 13.0 Å². The molecule has 2 aromatic rings. The third-order valence-corrected chi connectivity index (χ3v) is 7.24. The zero-order valence-corrected chi connectivity index (χ0v) is 18.3. The highest BCUT2D eigenvalue weighted by atomic mass is 32.2. The molecule has 4 rings (SSSR count). The van der Waals surface area contributed by atoms with Gasteiger partial charge in [-0.25, -0.2) is 8.42 Å². The Hall–Kier alpha value is -2.75. The highest BCUT2D eigenvalue weighted by molar-refractivity contribution is 7.89. The van der Waals surface area contributed by atoms with Crippen molar-refractivity contribution in [2.45, 2.75) is 31.0 Å². The van der Waals surface area contributed by atoms with Gasteiger partial charge in [0.2, 0.25) is 15.9 Å². The number of fused-ring (bicyclic) bond motifs is 2. The lowest BCUT2D eigenvalue weighted by molar-refractivity contribution is -0.114. The normalized spacial score (nSPS) is 21.5. The number of morpholine rings is 2. The minimum Gasteiger partial charge on any atom is -0.369 e. The van der Waals surface area contributed by atoms with Crippen LogP contribution in [0.1, 0.15) is 22.8 Å². The number of carbonyl (C=O) groups excluding carboxylic acids is 2. The van der Waals surface area contributed by atoms with Crippen LogP contribution in [0.25, 0.3) is 0 Å². The minimum absolute atomic E-state index is 0.136. The summed E-state index contributed by atoms with van der Waals surface area (Å²) in [5, 5.41) is 2.67. The van der Waals surface area contributed by atoms with Crippen LogP contribution in [-0.4, -0.2) is 67.8 Å². The summed E-state index contributed by atoms with van der Waals surface area (Å²) in [4.78, 5) is 26.1. The number of nitrogens with zero attached hydrogens (tertiary/aromatic N) is 2. The van der Waals surface area contributed by atoms with Crippen molar-refractivity contribution in [3.05, 3.63) is 59.7 Å². The maximum atomic E-state index is 13.1. The molecule has 2 amide bonds. The summed E-state index contributed by atoms with van der Waals surface area (Å²) >= 11 is 0. The van der Waals surface area contributed by atoms with Crippen LogP contribution in [0, 0.1) is 6.92 Å². The van der Waals surface area contributed by atoms with Gasteiger partial charge >= 0.3 is 0 Å². The van der Waals surface area contributed by atoms with E-state index in [0.29, 0.717) is 24.3 Å². The van der Waals surface area contributed by atoms with Crippen LogP contribution >= 0.6 is 0 Å². The van der Waals surface area contributed by atoms with Gasteiger partial charge in [-0.05, 0) is 48.9 Å². The van der Waals surface area contributed by atoms with E-state index in [2.05, 4.69) is 5.32 Å². The van der Waals surface area contributed by atoms with Gasteiger partial charge in [0.15, 0.2) is 0 Å². The van der Waals surface area contributed by atoms with Gasteiger partial charge in [0.1, 0.15) is 0 Å². The van der Waals surface area contributed by atoms with Gasteiger partial charge in [0.05, 0.1) is 17.1 Å². The van der Waals surface area contributed by atoms with E-state index in [-0.39, 0.29) is 42.0 Å². The fourth-order valence-corrected chi connectivity index (χ4v) is 5.63. The molecule has 0 spiro atoms. The topological polar surface area (TPSA) is 96.0 Å². The number of sulfonamides is 1. The first-order valence-corrected chi connectivity index (χ1v) is 11.6. The van der Waals surface area contributed by atoms with Crippen molar-refractivity contribution in [2.24, 2.45) is 0 Å². The monoisotopic (exact) mass is 443 g/mol. The van der Waals surface area contributed by atoms with E-state index in [4.69, 9.17) is 4.74 Å². The molecule has 0 radical (unpaired) electrons. The fraction of sp³-hybridized carbons (Fsp3) is 0.364. The van der Waals surface area contributed by atoms with Crippen LogP contribution < -0.4 is 5.32 Å². The minimum atomic E-state index is -3.62. The summed E-state index contributed by atoms with van der Waals surface area (Å²) in [5.74, 6) is -0.312. The zero-order chi connectivity index (χ0) is 22.2. The summed E-state index contributed by atoms with van der Waals surface area (Å²) in [6.45, 7) is 4.34. The van der Waals surface area contributed by atoms with Crippen molar-refractivity contribution in [3.8, 4) is 0 Å². The Morgan fingerprint density at radius 3 is 2.23 bits per heavy atom. The molecule has 8 nitrogen and oxygen atoms in total. The van der Waals surface area contributed by atoms with Gasteiger partial charge in [-0.3, -0.25) is 9.59 Å². The first kappa shape index (κ1) is 21.5. The first-order valence-electron chi connectivity index (χ1n) is 10.1. The third kappa shape index (κ3) is 4.63. The number of hydrogen-bond acceptors (Lipinski definition) is 5. The molecule has 2 aliphatic heterocycles. The molecule has 2 unspecified atom stereocenters. The largest absolute Gasteiger partial charge is 0.369 e. The Bertz CT molecular complexity index is 1090. The second-order valence-corrected chi connectivity index (χ2v) is 9.93. The van der Waals surface area contributed by atoms with Crippen LogP contribution in [0.4, 0.5) is 5.69 Å². The molecule has 164 valence electrons. The van der Waals surface area contributed by atoms with Crippen molar-refractivity contribution >= 4 is 27.5 Å². The number of ether oxygens (including phenoxy) is 1. The molecule has 2 fully saturated rings. The number of benzene rings is 2. The highest BCUT2D eigenvalue weighted by Gasteiger charge is 2.41. The van der Waals surface area contributed by atoms with Crippen molar-refractivity contribution < 1.29 is 22.7 Å². The SMILES string of the molecule is CC(=O)Nc1ccc(C(=O)N2CC3CN(S(=O)(=O)c4cccc(C)c4)CC(C2)O3)cc1. The summed E-state index contributed by atoms with van der Waals surface area (Å²) in [6, 6.07) is 13.6. The smallest absolute Gasteiger partial charge is 0.254 e. The summed E-state index contributed by atoms with van der Waals surface area (Å²) in [5.41, 5.74) is 2.02. The number of aryl methyl sites for hydroxylation is 1. The summed E-state index contributed by atoms with van der Waals surface area (Å²) < 4.78 is 33.6. The van der Waals surface area contributed by atoms with E-state index >= 15 is 0 Å². The van der Waals surface area contributed by atoms with E-state index in [0.717, 1.165) is 5.56 Å². The number of hydrogen-bond donors (Lipinski definition) is 1. The fourth-order valence-electron chi connectivity index (χ4n) is 4.02. The van der Waals surface area contributed by atoms with Crippen molar-refractivity contribution in [3.63, 3.8) is 0 Å². The van der Waals surface area contributed by atoms with Crippen LogP contribution in [0.3, 0.4) is 0 Å². The van der Waals surface area contributed by atoms with Gasteiger partial charge in [-0.1, -0.05) is 12.1 Å². The standard InChI is InChI=1S/C22H25N3O5S/c1-15-4-3-5-21(10-15)31(28,29)25-13-19-11-24(12-20(14-25)30-19)22(27)17-6-8-18(9-7-17)23-16(2)26/h3-10,19-20H,11-14H2,1-2H3,(H,23,26).